The highest BCUT2D eigenvalue weighted by atomic mass is 16.7. The molecule has 1 N–H and O–H groups in total. The third kappa shape index (κ3) is 5.95. The molecule has 3 aromatic carbocycles. The number of ether oxygens (including phenoxy) is 3. The third-order valence-corrected chi connectivity index (χ3v) is 11.3. The minimum absolute atomic E-state index is 0.0129. The molecule has 1 unspecified atom stereocenters. The number of nitrogens with one attached hydrogen (secondary N) is 1. The Kier molecular flexibility index (Phi) is 8.65. The minimum atomic E-state index is -0.648. The van der Waals surface area contributed by atoms with Gasteiger partial charge >= 0.3 is 13.2 Å². The number of Topliss-reactive ketones (excluding diaryl/α,β-unsaturated/α-hetero) is 1. The number of hydrogen-bond donors (Lipinski definition) is 1. The van der Waals surface area contributed by atoms with Gasteiger partial charge in [-0.3, -0.25) is 9.79 Å². The number of rotatable bonds is 8. The number of alkyl carbamates (subject to hydrolysis) is 1. The highest BCUT2D eigenvalue weighted by Crippen LogP contribution is 2.46. The Labute approximate surface area is 289 Å². The molecule has 0 spiro atoms. The van der Waals surface area contributed by atoms with E-state index < -0.39 is 30.5 Å². The van der Waals surface area contributed by atoms with Crippen molar-refractivity contribution in [2.75, 3.05) is 13.7 Å². The molecular formula is C39H47BN2O7. The number of methoxy groups -OCH3 is 1. The summed E-state index contributed by atoms with van der Waals surface area (Å²) >= 11 is 0. The van der Waals surface area contributed by atoms with E-state index in [0.717, 1.165) is 62.1 Å². The first-order valence-electron chi connectivity index (χ1n) is 17.6. The Hall–Kier alpha value is -3.73. The van der Waals surface area contributed by atoms with Gasteiger partial charge in [-0.25, -0.2) is 4.79 Å². The van der Waals surface area contributed by atoms with Gasteiger partial charge in [0.05, 0.1) is 36.1 Å². The van der Waals surface area contributed by atoms with E-state index in [0.29, 0.717) is 26.1 Å². The summed E-state index contributed by atoms with van der Waals surface area (Å²) in [6.07, 6.45) is 1.35. The number of nitrogens with zero attached hydrogens (tertiary/aromatic N) is 1. The number of amides is 1. The first-order chi connectivity index (χ1) is 23.3. The molecule has 0 radical (unpaired) electrons. The molecule has 0 bridgehead atoms. The molecule has 1 aliphatic carbocycles. The summed E-state index contributed by atoms with van der Waals surface area (Å²) in [5.74, 6) is 0.390. The van der Waals surface area contributed by atoms with Crippen LogP contribution in [-0.2, 0) is 36.6 Å². The molecule has 4 aliphatic rings. The van der Waals surface area contributed by atoms with Crippen LogP contribution in [0.3, 0.4) is 0 Å². The smallest absolute Gasteiger partial charge is 0.488 e. The predicted octanol–water partition coefficient (Wildman–Crippen LogP) is 6.71. The zero-order valence-electron chi connectivity index (χ0n) is 29.8. The molecule has 3 aliphatic heterocycles. The van der Waals surface area contributed by atoms with E-state index in [1.165, 1.54) is 7.11 Å². The molecule has 9 nitrogen and oxygen atoms in total. The molecule has 0 aromatic heterocycles. The Bertz CT molecular complexity index is 1830. The van der Waals surface area contributed by atoms with Gasteiger partial charge in [0.25, 0.3) is 0 Å². The molecule has 3 aromatic rings. The maximum atomic E-state index is 14.0. The number of carbonyl (C=O) groups excluding carboxylic acids is 2. The molecule has 3 heterocycles. The summed E-state index contributed by atoms with van der Waals surface area (Å²) in [6.45, 7) is 15.2. The van der Waals surface area contributed by atoms with Crippen LogP contribution in [0.15, 0.2) is 47.5 Å². The van der Waals surface area contributed by atoms with Crippen LogP contribution in [0.2, 0.25) is 0 Å². The van der Waals surface area contributed by atoms with Gasteiger partial charge in [-0.2, -0.15) is 0 Å². The fraction of sp³-hybridized carbons (Fsp3) is 0.513. The van der Waals surface area contributed by atoms with Crippen molar-refractivity contribution in [1.82, 2.24) is 5.32 Å². The fourth-order valence-electron chi connectivity index (χ4n) is 7.92. The Morgan fingerprint density at radius 2 is 1.78 bits per heavy atom. The zero-order valence-corrected chi connectivity index (χ0v) is 29.8. The van der Waals surface area contributed by atoms with Crippen LogP contribution >= 0.6 is 0 Å². The molecule has 10 heteroatoms. The monoisotopic (exact) mass is 666 g/mol. The van der Waals surface area contributed by atoms with E-state index in [-0.39, 0.29) is 29.6 Å². The summed E-state index contributed by atoms with van der Waals surface area (Å²) in [4.78, 5) is 31.3. The summed E-state index contributed by atoms with van der Waals surface area (Å²) < 4.78 is 29.9. The molecule has 1 saturated heterocycles. The van der Waals surface area contributed by atoms with Crippen molar-refractivity contribution in [2.24, 2.45) is 22.7 Å². The number of fused-ring (bicyclic) bond motifs is 6. The normalized spacial score (nSPS) is 23.8. The van der Waals surface area contributed by atoms with Gasteiger partial charge in [0.2, 0.25) is 0 Å². The second-order valence-corrected chi connectivity index (χ2v) is 15.2. The van der Waals surface area contributed by atoms with Crippen LogP contribution in [0.1, 0.15) is 72.4 Å². The van der Waals surface area contributed by atoms with Crippen molar-refractivity contribution in [3.8, 4) is 16.9 Å². The van der Waals surface area contributed by atoms with E-state index in [9.17, 15) is 9.59 Å². The average molecular weight is 667 g/mol. The SMILES string of the molecule is CCO[C@@H]1CC(C(=O)[C@@H](NC(=O)OC)C(C)C)[C@H](C2=Nc3ccc4cc5c(cc4c3C2)OCc2cc(B3OC(C)(C)C(C)(C)O3)ccc2-5)C1. The van der Waals surface area contributed by atoms with Gasteiger partial charge < -0.3 is 28.8 Å². The number of aliphatic imine (C=N–C) groups is 1. The predicted molar refractivity (Wildman–Crippen MR) is 191 cm³/mol. The van der Waals surface area contributed by atoms with Crippen molar-refractivity contribution < 1.29 is 33.1 Å². The number of benzene rings is 3. The van der Waals surface area contributed by atoms with Gasteiger partial charge in [-0.15, -0.1) is 0 Å². The largest absolute Gasteiger partial charge is 0.494 e. The third-order valence-electron chi connectivity index (χ3n) is 11.3. The van der Waals surface area contributed by atoms with Crippen molar-refractivity contribution in [3.63, 3.8) is 0 Å². The molecule has 49 heavy (non-hydrogen) atoms. The summed E-state index contributed by atoms with van der Waals surface area (Å²) in [7, 11) is 0.888. The van der Waals surface area contributed by atoms with E-state index in [4.69, 9.17) is 28.5 Å². The quantitative estimate of drug-likeness (QED) is 0.267. The second-order valence-electron chi connectivity index (χ2n) is 15.2. The van der Waals surface area contributed by atoms with Crippen LogP contribution in [0.5, 0.6) is 5.75 Å². The Morgan fingerprint density at radius 1 is 1.02 bits per heavy atom. The molecule has 4 atom stereocenters. The van der Waals surface area contributed by atoms with Crippen molar-refractivity contribution in [2.45, 2.75) is 97.7 Å². The second kappa shape index (κ2) is 12.6. The molecule has 1 amide bonds. The summed E-state index contributed by atoms with van der Waals surface area (Å²) in [6, 6.07) is 14.3. The molecular weight excluding hydrogens is 619 g/mol. The van der Waals surface area contributed by atoms with Crippen LogP contribution in [0, 0.1) is 17.8 Å². The van der Waals surface area contributed by atoms with Gasteiger partial charge in [-0.05, 0) is 105 Å². The lowest BCUT2D eigenvalue weighted by atomic mass is 9.77. The topological polar surface area (TPSA) is 105 Å². The maximum Gasteiger partial charge on any atom is 0.494 e. The number of ketones is 1. The zero-order chi connectivity index (χ0) is 34.8. The van der Waals surface area contributed by atoms with Gasteiger partial charge in [0.15, 0.2) is 5.78 Å². The lowest BCUT2D eigenvalue weighted by Gasteiger charge is -2.32. The number of carbonyl (C=O) groups is 2. The number of hydrogen-bond acceptors (Lipinski definition) is 8. The Morgan fingerprint density at radius 3 is 2.47 bits per heavy atom. The Balaban J connectivity index is 1.16. The van der Waals surface area contributed by atoms with E-state index in [2.05, 4.69) is 75.5 Å². The van der Waals surface area contributed by atoms with Gasteiger partial charge in [-0.1, -0.05) is 38.1 Å². The molecule has 7 rings (SSSR count). The lowest BCUT2D eigenvalue weighted by molar-refractivity contribution is -0.126. The molecule has 1 saturated carbocycles. The highest BCUT2D eigenvalue weighted by molar-refractivity contribution is 6.62. The van der Waals surface area contributed by atoms with E-state index in [1.54, 1.807) is 0 Å². The maximum absolute atomic E-state index is 14.0. The van der Waals surface area contributed by atoms with E-state index in [1.807, 2.05) is 20.8 Å². The fourth-order valence-corrected chi connectivity index (χ4v) is 7.92. The molecule has 258 valence electrons. The van der Waals surface area contributed by atoms with Crippen LogP contribution < -0.4 is 15.5 Å². The summed E-state index contributed by atoms with van der Waals surface area (Å²) in [5.41, 5.74) is 6.58. The lowest BCUT2D eigenvalue weighted by Crippen LogP contribution is -2.48. The first-order valence-corrected chi connectivity index (χ1v) is 17.6. The molecule has 2 fully saturated rings. The van der Waals surface area contributed by atoms with Crippen molar-refractivity contribution in [1.29, 1.82) is 0 Å². The first kappa shape index (κ1) is 33.8. The van der Waals surface area contributed by atoms with Crippen molar-refractivity contribution >= 4 is 46.6 Å². The van der Waals surface area contributed by atoms with Crippen LogP contribution in [-0.4, -0.2) is 61.8 Å². The van der Waals surface area contributed by atoms with Crippen molar-refractivity contribution in [3.05, 3.63) is 53.6 Å². The standard InChI is InChI=1S/C39H47BN2O7/c1-9-46-25-16-28(31(17-25)36(43)35(21(2)3)42-37(44)45-8)33-18-29-27-19-34-30(15-22(27)10-13-32(29)41-33)26-12-11-24(14-23(26)20-47-34)40-48-38(4,5)39(6,7)49-40/h10-15,19,21,25,28,31,35H,9,16-18,20H2,1-8H3,(H,42,44)/t25-,28+,31?,35-/m0/s1. The summed E-state index contributed by atoms with van der Waals surface area (Å²) in [5, 5.41) is 5.02. The van der Waals surface area contributed by atoms with Gasteiger partial charge in [0, 0.05) is 36.1 Å². The van der Waals surface area contributed by atoms with E-state index >= 15 is 0 Å². The minimum Gasteiger partial charge on any atom is -0.488 e. The average Bonchev–Trinajstić information content (AvgIpc) is 3.75. The van der Waals surface area contributed by atoms with Gasteiger partial charge in [0.1, 0.15) is 12.4 Å². The van der Waals surface area contributed by atoms with Crippen LogP contribution in [0.25, 0.3) is 21.9 Å². The van der Waals surface area contributed by atoms with Crippen LogP contribution in [0.4, 0.5) is 10.5 Å². The highest BCUT2D eigenvalue weighted by Gasteiger charge is 2.52.